The van der Waals surface area contributed by atoms with Gasteiger partial charge in [-0.3, -0.25) is 4.79 Å². The van der Waals surface area contributed by atoms with Gasteiger partial charge < -0.3 is 5.32 Å². The fourth-order valence-electron chi connectivity index (χ4n) is 4.03. The van der Waals surface area contributed by atoms with Crippen LogP contribution in [0, 0.1) is 6.92 Å². The van der Waals surface area contributed by atoms with Crippen molar-refractivity contribution >= 4 is 40.7 Å². The minimum absolute atomic E-state index is 0.181. The van der Waals surface area contributed by atoms with E-state index < -0.39 is 0 Å². The van der Waals surface area contributed by atoms with E-state index >= 15 is 0 Å². The second kappa shape index (κ2) is 13.2. The molecule has 0 radical (unpaired) electrons. The number of nitrogens with zero attached hydrogens (tertiary/aromatic N) is 2. The molecule has 0 saturated heterocycles. The lowest BCUT2D eigenvalue weighted by atomic mass is 10.1. The van der Waals surface area contributed by atoms with E-state index in [0.29, 0.717) is 33.0 Å². The highest BCUT2D eigenvalue weighted by atomic mass is 35.5. The summed E-state index contributed by atoms with van der Waals surface area (Å²) in [4.78, 5) is 13.0. The van der Waals surface area contributed by atoms with Gasteiger partial charge in [0.25, 0.3) is 5.91 Å². The molecule has 3 aromatic rings. The van der Waals surface area contributed by atoms with Crippen molar-refractivity contribution in [2.45, 2.75) is 65.2 Å². The molecule has 0 aliphatic carbocycles. The van der Waals surface area contributed by atoms with Crippen molar-refractivity contribution in [2.24, 2.45) is 0 Å². The van der Waals surface area contributed by atoms with Crippen molar-refractivity contribution < 1.29 is 4.79 Å². The highest BCUT2D eigenvalue weighted by molar-refractivity contribution is 6.35. The average molecular weight is 521 g/mol. The fraction of sp³-hybridized carbons (Fsp3) is 0.407. The Balaban J connectivity index is 1.75. The molecule has 3 rings (SSSR count). The summed E-state index contributed by atoms with van der Waals surface area (Å²) >= 11 is 18.7. The molecular formula is C27H32Cl3N3O. The van der Waals surface area contributed by atoms with Gasteiger partial charge in [0.1, 0.15) is 0 Å². The predicted octanol–water partition coefficient (Wildman–Crippen LogP) is 8.68. The van der Waals surface area contributed by atoms with Crippen LogP contribution < -0.4 is 5.32 Å². The molecule has 182 valence electrons. The van der Waals surface area contributed by atoms with Gasteiger partial charge in [-0.1, -0.05) is 98.8 Å². The highest BCUT2D eigenvalue weighted by Crippen LogP contribution is 2.33. The molecule has 1 amide bonds. The monoisotopic (exact) mass is 519 g/mol. The molecule has 0 unspecified atom stereocenters. The first kappa shape index (κ1) is 26.6. The van der Waals surface area contributed by atoms with Gasteiger partial charge >= 0.3 is 0 Å². The van der Waals surface area contributed by atoms with Crippen LogP contribution in [0.3, 0.4) is 0 Å². The summed E-state index contributed by atoms with van der Waals surface area (Å²) < 4.78 is 1.71. The van der Waals surface area contributed by atoms with E-state index in [1.807, 2.05) is 31.2 Å². The maximum absolute atomic E-state index is 13.0. The molecule has 1 aromatic heterocycles. The topological polar surface area (TPSA) is 46.9 Å². The molecule has 34 heavy (non-hydrogen) atoms. The van der Waals surface area contributed by atoms with E-state index in [9.17, 15) is 4.79 Å². The van der Waals surface area contributed by atoms with Crippen molar-refractivity contribution in [3.05, 3.63) is 68.8 Å². The van der Waals surface area contributed by atoms with Gasteiger partial charge in [0.05, 0.1) is 16.4 Å². The van der Waals surface area contributed by atoms with Gasteiger partial charge in [-0.05, 0) is 43.7 Å². The Morgan fingerprint density at radius 3 is 2.15 bits per heavy atom. The normalized spacial score (nSPS) is 11.1. The summed E-state index contributed by atoms with van der Waals surface area (Å²) in [5.41, 5.74) is 3.50. The zero-order valence-electron chi connectivity index (χ0n) is 19.8. The van der Waals surface area contributed by atoms with Crippen molar-refractivity contribution in [2.75, 3.05) is 6.54 Å². The molecule has 7 heteroatoms. The predicted molar refractivity (Wildman–Crippen MR) is 144 cm³/mol. The number of hydrogen-bond donors (Lipinski definition) is 1. The molecule has 4 nitrogen and oxygen atoms in total. The quantitative estimate of drug-likeness (QED) is 0.243. The molecule has 1 N–H and O–H groups in total. The molecule has 2 aromatic carbocycles. The summed E-state index contributed by atoms with van der Waals surface area (Å²) in [5.74, 6) is -0.181. The van der Waals surface area contributed by atoms with Crippen molar-refractivity contribution in [1.82, 2.24) is 15.1 Å². The maximum Gasteiger partial charge on any atom is 0.272 e. The Hall–Kier alpha value is -2.01. The Labute approximate surface area is 217 Å². The highest BCUT2D eigenvalue weighted by Gasteiger charge is 2.23. The Morgan fingerprint density at radius 2 is 1.50 bits per heavy atom. The lowest BCUT2D eigenvalue weighted by molar-refractivity contribution is 0.0947. The first-order valence-corrected chi connectivity index (χ1v) is 13.1. The van der Waals surface area contributed by atoms with Crippen LogP contribution in [0.15, 0.2) is 42.5 Å². The van der Waals surface area contributed by atoms with Gasteiger partial charge in [-0.25, -0.2) is 4.68 Å². The standard InChI is InChI=1S/C27H32Cl3N3O/c1-3-4-5-6-7-8-9-10-17-31-27(34)25-19(2)26(20-11-13-21(28)14-12-20)33(32-25)24-16-15-22(29)18-23(24)30/h11-16,18H,3-10,17H2,1-2H3,(H,31,34). The number of unbranched alkanes of at least 4 members (excludes halogenated alkanes) is 7. The first-order chi connectivity index (χ1) is 16.4. The van der Waals surface area contributed by atoms with Crippen LogP contribution in [0.2, 0.25) is 15.1 Å². The number of halogens is 3. The number of aromatic nitrogens is 2. The molecule has 0 bridgehead atoms. The zero-order chi connectivity index (χ0) is 24.5. The third-order valence-electron chi connectivity index (χ3n) is 5.91. The van der Waals surface area contributed by atoms with Gasteiger partial charge in [0.15, 0.2) is 5.69 Å². The number of rotatable bonds is 12. The number of amides is 1. The van der Waals surface area contributed by atoms with Crippen LogP contribution in [0.4, 0.5) is 0 Å². The number of carbonyl (C=O) groups excluding carboxylic acids is 1. The first-order valence-electron chi connectivity index (χ1n) is 12.0. The molecule has 0 saturated carbocycles. The fourth-order valence-corrected chi connectivity index (χ4v) is 4.64. The summed E-state index contributed by atoms with van der Waals surface area (Å²) in [5, 5.41) is 9.34. The van der Waals surface area contributed by atoms with E-state index in [0.717, 1.165) is 29.7 Å². The van der Waals surface area contributed by atoms with Crippen LogP contribution in [0.5, 0.6) is 0 Å². The smallest absolute Gasteiger partial charge is 0.272 e. The van der Waals surface area contributed by atoms with E-state index in [1.54, 1.807) is 22.9 Å². The van der Waals surface area contributed by atoms with Gasteiger partial charge in [-0.15, -0.1) is 0 Å². The molecule has 0 spiro atoms. The Morgan fingerprint density at radius 1 is 0.882 bits per heavy atom. The molecule has 1 heterocycles. The van der Waals surface area contributed by atoms with E-state index in [1.165, 1.54) is 38.5 Å². The maximum atomic E-state index is 13.0. The van der Waals surface area contributed by atoms with Gasteiger partial charge in [-0.2, -0.15) is 5.10 Å². The van der Waals surface area contributed by atoms with Gasteiger partial charge in [0, 0.05) is 27.7 Å². The number of benzene rings is 2. The van der Waals surface area contributed by atoms with Crippen molar-refractivity contribution in [3.63, 3.8) is 0 Å². The lowest BCUT2D eigenvalue weighted by Crippen LogP contribution is -2.25. The Kier molecular flexibility index (Phi) is 10.3. The second-order valence-corrected chi connectivity index (χ2v) is 9.85. The lowest BCUT2D eigenvalue weighted by Gasteiger charge is -2.11. The molecule has 0 aliphatic heterocycles. The van der Waals surface area contributed by atoms with E-state index in [4.69, 9.17) is 34.8 Å². The summed E-state index contributed by atoms with van der Waals surface area (Å²) in [6.45, 7) is 4.77. The molecule has 0 atom stereocenters. The van der Waals surface area contributed by atoms with E-state index in [2.05, 4.69) is 17.3 Å². The second-order valence-electron chi connectivity index (χ2n) is 8.57. The van der Waals surface area contributed by atoms with Crippen LogP contribution >= 0.6 is 34.8 Å². The van der Waals surface area contributed by atoms with Crippen LogP contribution in [-0.4, -0.2) is 22.2 Å². The largest absolute Gasteiger partial charge is 0.351 e. The minimum atomic E-state index is -0.181. The van der Waals surface area contributed by atoms with Crippen LogP contribution in [0.25, 0.3) is 16.9 Å². The zero-order valence-corrected chi connectivity index (χ0v) is 22.1. The Bertz CT molecular complexity index is 1090. The van der Waals surface area contributed by atoms with Crippen molar-refractivity contribution in [3.8, 4) is 16.9 Å². The van der Waals surface area contributed by atoms with Crippen molar-refractivity contribution in [1.29, 1.82) is 0 Å². The average Bonchev–Trinajstić information content (AvgIpc) is 3.15. The SMILES string of the molecule is CCCCCCCCCCNC(=O)c1nn(-c2ccc(Cl)cc2Cl)c(-c2ccc(Cl)cc2)c1C. The summed E-state index contributed by atoms with van der Waals surface area (Å²) in [7, 11) is 0. The third-order valence-corrected chi connectivity index (χ3v) is 6.70. The number of nitrogens with one attached hydrogen (secondary N) is 1. The molecule has 0 fully saturated rings. The minimum Gasteiger partial charge on any atom is -0.351 e. The third kappa shape index (κ3) is 7.00. The van der Waals surface area contributed by atoms with Crippen LogP contribution in [0.1, 0.15) is 74.3 Å². The molecular weight excluding hydrogens is 489 g/mol. The van der Waals surface area contributed by atoms with Gasteiger partial charge in [0.2, 0.25) is 0 Å². The van der Waals surface area contributed by atoms with Crippen LogP contribution in [-0.2, 0) is 0 Å². The van der Waals surface area contributed by atoms with E-state index in [-0.39, 0.29) is 5.91 Å². The molecule has 0 aliphatic rings. The summed E-state index contributed by atoms with van der Waals surface area (Å²) in [6.07, 6.45) is 9.78. The number of hydrogen-bond acceptors (Lipinski definition) is 2. The number of carbonyl (C=O) groups is 1. The summed E-state index contributed by atoms with van der Waals surface area (Å²) in [6, 6.07) is 12.7.